The van der Waals surface area contributed by atoms with E-state index in [1.165, 1.54) is 19.1 Å². The SMILES string of the molecule is COC(=O)[C@@H](Cc1cccc(C#N)c1)N(C)C(=O)OC(C)(C)C. The maximum atomic E-state index is 12.2. The molecule has 6 nitrogen and oxygen atoms in total. The summed E-state index contributed by atoms with van der Waals surface area (Å²) >= 11 is 0. The number of carbonyl (C=O) groups is 2. The quantitative estimate of drug-likeness (QED) is 0.797. The maximum Gasteiger partial charge on any atom is 0.410 e. The molecule has 0 N–H and O–H groups in total. The zero-order chi connectivity index (χ0) is 17.6. The first kappa shape index (κ1) is 18.5. The number of nitrogens with zero attached hydrogens (tertiary/aromatic N) is 2. The molecule has 0 radical (unpaired) electrons. The second kappa shape index (κ2) is 7.63. The van der Waals surface area contributed by atoms with Gasteiger partial charge in [0.05, 0.1) is 18.7 Å². The molecule has 0 unspecified atom stereocenters. The second-order valence-electron chi connectivity index (χ2n) is 6.15. The van der Waals surface area contributed by atoms with Crippen molar-refractivity contribution in [2.24, 2.45) is 0 Å². The first-order valence-electron chi connectivity index (χ1n) is 7.20. The minimum atomic E-state index is -0.830. The third kappa shape index (κ3) is 5.62. The van der Waals surface area contributed by atoms with Gasteiger partial charge in [0.2, 0.25) is 0 Å². The van der Waals surface area contributed by atoms with Crippen LogP contribution in [0.25, 0.3) is 0 Å². The maximum absolute atomic E-state index is 12.2. The van der Waals surface area contributed by atoms with Crippen LogP contribution in [0, 0.1) is 11.3 Å². The molecular weight excluding hydrogens is 296 g/mol. The third-order valence-electron chi connectivity index (χ3n) is 3.11. The molecule has 0 saturated heterocycles. The van der Waals surface area contributed by atoms with Gasteiger partial charge < -0.3 is 9.47 Å². The average Bonchev–Trinajstić information content (AvgIpc) is 2.49. The molecule has 1 atom stereocenters. The Morgan fingerprint density at radius 2 is 2.00 bits per heavy atom. The highest BCUT2D eigenvalue weighted by molar-refractivity contribution is 5.81. The van der Waals surface area contributed by atoms with Gasteiger partial charge in [0, 0.05) is 13.5 Å². The van der Waals surface area contributed by atoms with Crippen LogP contribution in [0.3, 0.4) is 0 Å². The van der Waals surface area contributed by atoms with Crippen molar-refractivity contribution >= 4 is 12.1 Å². The van der Waals surface area contributed by atoms with E-state index in [0.717, 1.165) is 5.56 Å². The predicted octanol–water partition coefficient (Wildman–Crippen LogP) is 2.51. The first-order valence-corrected chi connectivity index (χ1v) is 7.20. The van der Waals surface area contributed by atoms with Crippen molar-refractivity contribution in [3.63, 3.8) is 0 Å². The molecule has 0 spiro atoms. The van der Waals surface area contributed by atoms with Crippen molar-refractivity contribution in [3.8, 4) is 6.07 Å². The molecule has 0 aliphatic carbocycles. The zero-order valence-electron chi connectivity index (χ0n) is 14.1. The molecule has 0 aliphatic heterocycles. The van der Waals surface area contributed by atoms with E-state index in [4.69, 9.17) is 14.7 Å². The van der Waals surface area contributed by atoms with Gasteiger partial charge in [0.25, 0.3) is 0 Å². The molecule has 0 bridgehead atoms. The molecular formula is C17H22N2O4. The van der Waals surface area contributed by atoms with Crippen LogP contribution in [0.2, 0.25) is 0 Å². The number of methoxy groups -OCH3 is 1. The number of rotatable bonds is 4. The van der Waals surface area contributed by atoms with Crippen LogP contribution in [0.15, 0.2) is 24.3 Å². The molecule has 124 valence electrons. The highest BCUT2D eigenvalue weighted by atomic mass is 16.6. The van der Waals surface area contributed by atoms with Gasteiger partial charge in [-0.1, -0.05) is 12.1 Å². The lowest BCUT2D eigenvalue weighted by atomic mass is 10.0. The van der Waals surface area contributed by atoms with Crippen LogP contribution >= 0.6 is 0 Å². The molecule has 1 aromatic carbocycles. The van der Waals surface area contributed by atoms with Gasteiger partial charge in [-0.15, -0.1) is 0 Å². The third-order valence-corrected chi connectivity index (χ3v) is 3.11. The fourth-order valence-electron chi connectivity index (χ4n) is 1.97. The number of benzene rings is 1. The van der Waals surface area contributed by atoms with Crippen molar-refractivity contribution in [3.05, 3.63) is 35.4 Å². The largest absolute Gasteiger partial charge is 0.467 e. The number of ether oxygens (including phenoxy) is 2. The molecule has 6 heteroatoms. The molecule has 0 aromatic heterocycles. The molecule has 1 aromatic rings. The molecule has 0 aliphatic rings. The van der Waals surface area contributed by atoms with E-state index in [1.54, 1.807) is 45.0 Å². The van der Waals surface area contributed by atoms with Gasteiger partial charge in [-0.2, -0.15) is 5.26 Å². The van der Waals surface area contributed by atoms with E-state index in [2.05, 4.69) is 0 Å². The minimum Gasteiger partial charge on any atom is -0.467 e. The van der Waals surface area contributed by atoms with Gasteiger partial charge in [-0.3, -0.25) is 4.90 Å². The van der Waals surface area contributed by atoms with Gasteiger partial charge in [-0.05, 0) is 38.5 Å². The summed E-state index contributed by atoms with van der Waals surface area (Å²) in [6.07, 6.45) is -0.373. The summed E-state index contributed by atoms with van der Waals surface area (Å²) in [4.78, 5) is 25.4. The highest BCUT2D eigenvalue weighted by Crippen LogP contribution is 2.15. The number of hydrogen-bond acceptors (Lipinski definition) is 5. The van der Waals surface area contributed by atoms with Crippen molar-refractivity contribution in [1.29, 1.82) is 5.26 Å². The summed E-state index contributed by atoms with van der Waals surface area (Å²) in [5, 5.41) is 8.95. The van der Waals surface area contributed by atoms with Crippen LogP contribution < -0.4 is 0 Å². The number of likely N-dealkylation sites (N-methyl/N-ethyl adjacent to an activating group) is 1. The van der Waals surface area contributed by atoms with Crippen LogP contribution in [0.1, 0.15) is 31.9 Å². The van der Waals surface area contributed by atoms with Crippen molar-refractivity contribution in [2.45, 2.75) is 38.8 Å². The Labute approximate surface area is 136 Å². The summed E-state index contributed by atoms with van der Waals surface area (Å²) in [6, 6.07) is 8.09. The van der Waals surface area contributed by atoms with Gasteiger partial charge in [0.15, 0.2) is 0 Å². The number of hydrogen-bond donors (Lipinski definition) is 0. The summed E-state index contributed by atoms with van der Waals surface area (Å²) < 4.78 is 10.1. The Hall–Kier alpha value is -2.55. The lowest BCUT2D eigenvalue weighted by molar-refractivity contribution is -0.146. The van der Waals surface area contributed by atoms with Crippen molar-refractivity contribution in [1.82, 2.24) is 4.90 Å². The van der Waals surface area contributed by atoms with Crippen LogP contribution in [0.5, 0.6) is 0 Å². The second-order valence-corrected chi connectivity index (χ2v) is 6.15. The molecule has 0 heterocycles. The van der Waals surface area contributed by atoms with Gasteiger partial charge in [0.1, 0.15) is 11.6 Å². The number of esters is 1. The topological polar surface area (TPSA) is 79.6 Å². The Kier molecular flexibility index (Phi) is 6.14. The van der Waals surface area contributed by atoms with Crippen LogP contribution in [-0.2, 0) is 20.7 Å². The normalized spacial score (nSPS) is 12.0. The summed E-state index contributed by atoms with van der Waals surface area (Å²) in [5.41, 5.74) is 0.591. The van der Waals surface area contributed by atoms with E-state index in [0.29, 0.717) is 5.56 Å². The molecule has 1 rings (SSSR count). The van der Waals surface area contributed by atoms with Crippen LogP contribution in [0.4, 0.5) is 4.79 Å². The smallest absolute Gasteiger partial charge is 0.410 e. The van der Waals surface area contributed by atoms with Gasteiger partial charge in [-0.25, -0.2) is 9.59 Å². The average molecular weight is 318 g/mol. The Morgan fingerprint density at radius 3 is 2.52 bits per heavy atom. The summed E-state index contributed by atoms with van der Waals surface area (Å²) in [5.74, 6) is -0.541. The van der Waals surface area contributed by atoms with E-state index in [9.17, 15) is 9.59 Å². The number of nitriles is 1. The number of carbonyl (C=O) groups excluding carboxylic acids is 2. The lowest BCUT2D eigenvalue weighted by Gasteiger charge is -2.29. The molecule has 0 fully saturated rings. The summed E-state index contributed by atoms with van der Waals surface area (Å²) in [7, 11) is 2.76. The first-order chi connectivity index (χ1) is 10.7. The Balaban J connectivity index is 2.98. The summed E-state index contributed by atoms with van der Waals surface area (Å²) in [6.45, 7) is 5.26. The van der Waals surface area contributed by atoms with Crippen molar-refractivity contribution < 1.29 is 19.1 Å². The van der Waals surface area contributed by atoms with Gasteiger partial charge >= 0.3 is 12.1 Å². The van der Waals surface area contributed by atoms with Crippen LogP contribution in [-0.4, -0.2) is 42.8 Å². The standard InChI is InChI=1S/C17H22N2O4/c1-17(2,3)23-16(21)19(4)14(15(20)22-5)10-12-7-6-8-13(9-12)11-18/h6-9,14H,10H2,1-5H3/t14-/m1/s1. The predicted molar refractivity (Wildman–Crippen MR) is 84.7 cm³/mol. The fraction of sp³-hybridized carbons (Fsp3) is 0.471. The Bertz CT molecular complexity index is 614. The number of amides is 1. The molecule has 1 amide bonds. The zero-order valence-corrected chi connectivity index (χ0v) is 14.1. The lowest BCUT2D eigenvalue weighted by Crippen LogP contribution is -2.46. The van der Waals surface area contributed by atoms with E-state index >= 15 is 0 Å². The minimum absolute atomic E-state index is 0.234. The monoisotopic (exact) mass is 318 g/mol. The van der Waals surface area contributed by atoms with Crippen molar-refractivity contribution in [2.75, 3.05) is 14.2 Å². The molecule has 23 heavy (non-hydrogen) atoms. The fourth-order valence-corrected chi connectivity index (χ4v) is 1.97. The molecule has 0 saturated carbocycles. The van der Waals surface area contributed by atoms with E-state index in [-0.39, 0.29) is 6.42 Å². The van der Waals surface area contributed by atoms with E-state index in [1.807, 2.05) is 6.07 Å². The highest BCUT2D eigenvalue weighted by Gasteiger charge is 2.31. The Morgan fingerprint density at radius 1 is 1.35 bits per heavy atom. The van der Waals surface area contributed by atoms with E-state index < -0.39 is 23.7 Å².